The predicted molar refractivity (Wildman–Crippen MR) is 123 cm³/mol. The lowest BCUT2D eigenvalue weighted by molar-refractivity contribution is -0.384. The fourth-order valence-electron chi connectivity index (χ4n) is 3.19. The van der Waals surface area contributed by atoms with Crippen molar-refractivity contribution in [2.75, 3.05) is 11.9 Å². The molecule has 14 heteroatoms. The summed E-state index contributed by atoms with van der Waals surface area (Å²) in [7, 11) is 0. The van der Waals surface area contributed by atoms with Gasteiger partial charge < -0.3 is 19.5 Å². The molecule has 3 rings (SSSR count). The van der Waals surface area contributed by atoms with Crippen molar-refractivity contribution in [1.29, 1.82) is 0 Å². The summed E-state index contributed by atoms with van der Waals surface area (Å²) >= 11 is 1.98. The number of nitrogens with one attached hydrogen (secondary N) is 1. The van der Waals surface area contributed by atoms with Crippen molar-refractivity contribution in [3.05, 3.63) is 62.7 Å². The second-order valence-electron chi connectivity index (χ2n) is 7.17. The third-order valence-electron chi connectivity index (χ3n) is 4.67. The molecule has 0 aliphatic carbocycles. The highest BCUT2D eigenvalue weighted by Crippen LogP contribution is 2.36. The molecule has 0 unspecified atom stereocenters. The first-order chi connectivity index (χ1) is 16.1. The van der Waals surface area contributed by atoms with Crippen molar-refractivity contribution in [1.82, 2.24) is 9.55 Å². The number of carbonyl (C=O) groups excluding carboxylic acids is 3. The van der Waals surface area contributed by atoms with Crippen LogP contribution in [0.4, 0.5) is 11.5 Å². The van der Waals surface area contributed by atoms with E-state index in [0.29, 0.717) is 0 Å². The number of aromatic nitrogens is 2. The molecule has 2 heterocycles. The van der Waals surface area contributed by atoms with Crippen LogP contribution in [0.2, 0.25) is 0 Å². The number of hydrogen-bond donors (Lipinski definition) is 1. The maximum Gasteiger partial charge on any atom is 0.351 e. The molecular weight excluding hydrogens is 567 g/mol. The maximum atomic E-state index is 12.5. The Hall–Kier alpha value is -3.40. The fraction of sp³-hybridized carbons (Fsp3) is 0.350. The molecule has 0 bridgehead atoms. The largest absolute Gasteiger partial charge is 0.459 e. The average molecular weight is 586 g/mol. The Morgan fingerprint density at radius 2 is 1.91 bits per heavy atom. The standard InChI is InChI=1S/C20H19IN4O9/c1-10(26)22-15-7-8-24(20(29)23-15)18-17(33-11(2)27)16(21)14(34-18)9-32-19(28)12-3-5-13(6-4-12)25(30)31/h3-8,14,16-18H,9H2,1-2H3,(H,22,23,26,29)/t14-,16-,17-,18-/m1/s1. The van der Waals surface area contributed by atoms with Gasteiger partial charge in [0.2, 0.25) is 5.91 Å². The second kappa shape index (κ2) is 10.7. The van der Waals surface area contributed by atoms with Crippen LogP contribution in [0.5, 0.6) is 0 Å². The number of carbonyl (C=O) groups is 3. The summed E-state index contributed by atoms with van der Waals surface area (Å²) in [4.78, 5) is 61.6. The van der Waals surface area contributed by atoms with Crippen LogP contribution in [0, 0.1) is 10.1 Å². The molecule has 34 heavy (non-hydrogen) atoms. The number of nitro groups is 1. The summed E-state index contributed by atoms with van der Waals surface area (Å²) in [6.07, 6.45) is -1.36. The molecule has 1 aliphatic rings. The topological polar surface area (TPSA) is 169 Å². The number of anilines is 1. The van der Waals surface area contributed by atoms with Crippen molar-refractivity contribution in [2.24, 2.45) is 0 Å². The Morgan fingerprint density at radius 1 is 1.24 bits per heavy atom. The minimum Gasteiger partial charge on any atom is -0.459 e. The number of alkyl halides is 1. The maximum absolute atomic E-state index is 12.5. The van der Waals surface area contributed by atoms with Crippen LogP contribution in [0.25, 0.3) is 0 Å². The third kappa shape index (κ3) is 5.93. The first kappa shape index (κ1) is 25.2. The minimum atomic E-state index is -1.06. The number of amides is 1. The molecule has 2 aromatic rings. The van der Waals surface area contributed by atoms with E-state index in [2.05, 4.69) is 10.3 Å². The Kier molecular flexibility index (Phi) is 7.93. The van der Waals surface area contributed by atoms with Crippen LogP contribution in [-0.4, -0.2) is 55.1 Å². The third-order valence-corrected chi connectivity index (χ3v) is 6.18. The van der Waals surface area contributed by atoms with Gasteiger partial charge in [-0.15, -0.1) is 0 Å². The number of rotatable bonds is 7. The van der Waals surface area contributed by atoms with Gasteiger partial charge in [0, 0.05) is 32.2 Å². The van der Waals surface area contributed by atoms with Gasteiger partial charge in [-0.25, -0.2) is 9.59 Å². The van der Waals surface area contributed by atoms with Gasteiger partial charge in [0.05, 0.1) is 14.4 Å². The molecule has 180 valence electrons. The summed E-state index contributed by atoms with van der Waals surface area (Å²) < 4.78 is 17.2. The predicted octanol–water partition coefficient (Wildman–Crippen LogP) is 1.60. The molecule has 1 saturated heterocycles. The van der Waals surface area contributed by atoms with Gasteiger partial charge in [0.25, 0.3) is 5.69 Å². The van der Waals surface area contributed by atoms with E-state index in [0.717, 1.165) is 4.57 Å². The molecule has 4 atom stereocenters. The summed E-state index contributed by atoms with van der Waals surface area (Å²) in [6, 6.07) is 6.29. The number of nitrogens with zero attached hydrogens (tertiary/aromatic N) is 3. The quantitative estimate of drug-likeness (QED) is 0.165. The van der Waals surface area contributed by atoms with Crippen LogP contribution in [-0.2, 0) is 23.8 Å². The van der Waals surface area contributed by atoms with Crippen LogP contribution in [0.3, 0.4) is 0 Å². The van der Waals surface area contributed by atoms with Crippen molar-refractivity contribution >= 4 is 51.9 Å². The zero-order chi connectivity index (χ0) is 25.0. The summed E-state index contributed by atoms with van der Waals surface area (Å²) in [5.41, 5.74) is -0.810. The fourth-order valence-corrected chi connectivity index (χ4v) is 4.07. The number of benzene rings is 1. The lowest BCUT2D eigenvalue weighted by atomic mass is 10.2. The Balaban J connectivity index is 1.75. The van der Waals surface area contributed by atoms with Crippen molar-refractivity contribution in [3.63, 3.8) is 0 Å². The molecule has 1 aromatic heterocycles. The first-order valence-corrected chi connectivity index (χ1v) is 11.1. The van der Waals surface area contributed by atoms with E-state index < -0.39 is 50.8 Å². The number of hydrogen-bond acceptors (Lipinski definition) is 10. The Bertz CT molecular complexity index is 1170. The van der Waals surface area contributed by atoms with Gasteiger partial charge in [-0.3, -0.25) is 24.3 Å². The van der Waals surface area contributed by atoms with E-state index >= 15 is 0 Å². The number of nitro benzene ring substituents is 1. The second-order valence-corrected chi connectivity index (χ2v) is 8.61. The number of non-ortho nitro benzene ring substituents is 1. The van der Waals surface area contributed by atoms with Gasteiger partial charge in [-0.1, -0.05) is 22.6 Å². The van der Waals surface area contributed by atoms with Gasteiger partial charge in [-0.05, 0) is 18.2 Å². The molecular formula is C20H19IN4O9. The average Bonchev–Trinajstić information content (AvgIpc) is 3.06. The summed E-state index contributed by atoms with van der Waals surface area (Å²) in [6.45, 7) is 2.25. The number of esters is 2. The van der Waals surface area contributed by atoms with E-state index in [1.54, 1.807) is 0 Å². The van der Waals surface area contributed by atoms with Crippen molar-refractivity contribution < 1.29 is 33.5 Å². The van der Waals surface area contributed by atoms with E-state index in [-0.39, 0.29) is 23.7 Å². The van der Waals surface area contributed by atoms with Gasteiger partial charge in [0.15, 0.2) is 12.3 Å². The molecule has 1 aromatic carbocycles. The highest BCUT2D eigenvalue weighted by molar-refractivity contribution is 14.1. The highest BCUT2D eigenvalue weighted by atomic mass is 127. The molecule has 1 fully saturated rings. The molecule has 1 N–H and O–H groups in total. The van der Waals surface area contributed by atoms with E-state index in [1.807, 2.05) is 22.6 Å². The summed E-state index contributed by atoms with van der Waals surface area (Å²) in [5.74, 6) is -1.68. The minimum absolute atomic E-state index is 0.0513. The lowest BCUT2D eigenvalue weighted by Crippen LogP contribution is -2.36. The first-order valence-electron chi connectivity index (χ1n) is 9.82. The van der Waals surface area contributed by atoms with Gasteiger partial charge in [-0.2, -0.15) is 4.98 Å². The Labute approximate surface area is 205 Å². The van der Waals surface area contributed by atoms with E-state index in [1.165, 1.54) is 50.4 Å². The molecule has 0 spiro atoms. The van der Waals surface area contributed by atoms with Crippen LogP contribution >= 0.6 is 22.6 Å². The molecule has 13 nitrogen and oxygen atoms in total. The molecule has 1 aliphatic heterocycles. The zero-order valence-corrected chi connectivity index (χ0v) is 20.0. The molecule has 1 amide bonds. The SMILES string of the molecule is CC(=O)Nc1ccn([C@@H]2O[C@H](COC(=O)c3ccc([N+](=O)[O-])cc3)[C@@H](I)[C@H]2OC(C)=O)c(=O)n1. The number of halogens is 1. The van der Waals surface area contributed by atoms with Crippen molar-refractivity contribution in [3.8, 4) is 0 Å². The lowest BCUT2D eigenvalue weighted by Gasteiger charge is -2.21. The van der Waals surface area contributed by atoms with E-state index in [9.17, 15) is 29.3 Å². The summed E-state index contributed by atoms with van der Waals surface area (Å²) in [5, 5.41) is 13.1. The molecule has 0 saturated carbocycles. The number of ether oxygens (including phenoxy) is 3. The van der Waals surface area contributed by atoms with Crippen LogP contribution in [0.1, 0.15) is 30.4 Å². The monoisotopic (exact) mass is 586 g/mol. The van der Waals surface area contributed by atoms with Crippen LogP contribution in [0.15, 0.2) is 41.3 Å². The Morgan fingerprint density at radius 3 is 2.47 bits per heavy atom. The van der Waals surface area contributed by atoms with Gasteiger partial charge in [0.1, 0.15) is 18.5 Å². The van der Waals surface area contributed by atoms with E-state index in [4.69, 9.17) is 14.2 Å². The van der Waals surface area contributed by atoms with Gasteiger partial charge >= 0.3 is 17.6 Å². The molecule has 0 radical (unpaired) electrons. The normalized spacial score (nSPS) is 21.5. The highest BCUT2D eigenvalue weighted by Gasteiger charge is 2.47. The van der Waals surface area contributed by atoms with Crippen LogP contribution < -0.4 is 11.0 Å². The smallest absolute Gasteiger partial charge is 0.351 e. The zero-order valence-electron chi connectivity index (χ0n) is 17.9. The van der Waals surface area contributed by atoms with Crippen molar-refractivity contribution in [2.45, 2.75) is 36.2 Å².